The quantitative estimate of drug-likeness (QED) is 0.257. The summed E-state index contributed by atoms with van der Waals surface area (Å²) in [5.74, 6) is 1.78. The van der Waals surface area contributed by atoms with Crippen LogP contribution >= 0.6 is 11.3 Å². The molecular formula is C32H41N3O6S. The highest BCUT2D eigenvalue weighted by Crippen LogP contribution is 2.63. The molecule has 10 heteroatoms. The third-order valence-electron chi connectivity index (χ3n) is 9.60. The summed E-state index contributed by atoms with van der Waals surface area (Å²) >= 11 is 1.55. The fourth-order valence-electron chi connectivity index (χ4n) is 7.03. The zero-order valence-corrected chi connectivity index (χ0v) is 25.7. The number of carbonyl (C=O) groups is 1. The van der Waals surface area contributed by atoms with Crippen LogP contribution in [-0.4, -0.2) is 55.1 Å². The fourth-order valence-corrected chi connectivity index (χ4v) is 8.11. The molecule has 1 saturated carbocycles. The summed E-state index contributed by atoms with van der Waals surface area (Å²) in [5, 5.41) is 28.8. The molecule has 3 aromatic rings. The number of para-hydroxylation sites is 1. The number of carbonyl (C=O) groups excluding carboxylic acids is 1. The van der Waals surface area contributed by atoms with Crippen LogP contribution in [0.25, 0.3) is 0 Å². The van der Waals surface area contributed by atoms with Crippen molar-refractivity contribution in [2.24, 2.45) is 16.7 Å². The molecule has 2 aromatic carbocycles. The Labute approximate surface area is 251 Å². The van der Waals surface area contributed by atoms with Crippen molar-refractivity contribution in [3.8, 4) is 17.2 Å². The Kier molecular flexibility index (Phi) is 8.68. The highest BCUT2D eigenvalue weighted by atomic mass is 32.1. The molecule has 1 heterocycles. The summed E-state index contributed by atoms with van der Waals surface area (Å²) < 4.78 is 16.4. The van der Waals surface area contributed by atoms with Crippen LogP contribution in [0.4, 0.5) is 10.8 Å². The van der Waals surface area contributed by atoms with Gasteiger partial charge in [0.05, 0.1) is 45.4 Å². The number of methoxy groups -OCH3 is 3. The summed E-state index contributed by atoms with van der Waals surface area (Å²) in [6, 6.07) is 13.2. The number of aromatic nitrogens is 1. The van der Waals surface area contributed by atoms with Crippen molar-refractivity contribution in [3.63, 3.8) is 0 Å². The van der Waals surface area contributed by atoms with Gasteiger partial charge in [0, 0.05) is 40.8 Å². The second kappa shape index (κ2) is 12.1. The molecule has 42 heavy (non-hydrogen) atoms. The van der Waals surface area contributed by atoms with Crippen LogP contribution in [0.5, 0.6) is 17.2 Å². The van der Waals surface area contributed by atoms with E-state index in [0.29, 0.717) is 36.0 Å². The van der Waals surface area contributed by atoms with Crippen LogP contribution in [-0.2, 0) is 17.8 Å². The first-order valence-electron chi connectivity index (χ1n) is 14.3. The SMILES string of the molecule is COc1ccc(OC)c(Nc2nc3c(s2)CC2C(C)(CO)C(O)CCC2(C)C3CC(=O)NCc2ccccc2OC)c1. The molecule has 9 nitrogen and oxygen atoms in total. The lowest BCUT2D eigenvalue weighted by Crippen LogP contribution is -2.57. The normalized spacial score (nSPS) is 26.5. The molecule has 0 saturated heterocycles. The Morgan fingerprint density at radius 2 is 1.86 bits per heavy atom. The number of thiazole rings is 1. The number of nitrogens with zero attached hydrogens (tertiary/aromatic N) is 1. The Hall–Kier alpha value is -3.34. The van der Waals surface area contributed by atoms with E-state index in [-0.39, 0.29) is 36.2 Å². The molecule has 0 spiro atoms. The number of aliphatic hydroxyl groups excluding tert-OH is 2. The van der Waals surface area contributed by atoms with Crippen molar-refractivity contribution in [1.82, 2.24) is 10.3 Å². The third-order valence-corrected chi connectivity index (χ3v) is 10.6. The number of aliphatic hydroxyl groups is 2. The number of anilines is 2. The second-order valence-corrected chi connectivity index (χ2v) is 12.9. The third kappa shape index (κ3) is 5.43. The van der Waals surface area contributed by atoms with E-state index in [0.717, 1.165) is 34.0 Å². The molecule has 4 N–H and O–H groups in total. The number of fused-ring (bicyclic) bond motifs is 2. The average Bonchev–Trinajstić information content (AvgIpc) is 3.41. The smallest absolute Gasteiger partial charge is 0.220 e. The van der Waals surface area contributed by atoms with E-state index in [1.807, 2.05) is 49.4 Å². The monoisotopic (exact) mass is 595 g/mol. The minimum atomic E-state index is -0.690. The van der Waals surface area contributed by atoms with E-state index >= 15 is 0 Å². The van der Waals surface area contributed by atoms with Crippen molar-refractivity contribution in [3.05, 3.63) is 58.6 Å². The number of nitrogens with one attached hydrogen (secondary N) is 2. The van der Waals surface area contributed by atoms with Crippen molar-refractivity contribution in [2.45, 2.75) is 58.1 Å². The molecule has 5 unspecified atom stereocenters. The Morgan fingerprint density at radius 3 is 2.57 bits per heavy atom. The molecule has 1 amide bonds. The molecule has 1 fully saturated rings. The predicted octanol–water partition coefficient (Wildman–Crippen LogP) is 5.03. The standard InChI is InChI=1S/C32H41N3O6S/c1-31-13-12-27(37)32(2,18-36)26(31)16-25-29(21(31)15-28(38)33-17-19-8-6-7-9-23(19)40-4)35-30(42-25)34-22-14-20(39-3)10-11-24(22)41-5/h6-11,14,21,26-27,36-37H,12-13,15-18H2,1-5H3,(H,33,38)(H,34,35). The molecule has 2 aliphatic rings. The Morgan fingerprint density at radius 1 is 1.10 bits per heavy atom. The van der Waals surface area contributed by atoms with E-state index in [9.17, 15) is 15.0 Å². The first-order chi connectivity index (χ1) is 20.2. The molecule has 1 aromatic heterocycles. The lowest BCUT2D eigenvalue weighted by atomic mass is 9.47. The number of hydrogen-bond donors (Lipinski definition) is 4. The van der Waals surface area contributed by atoms with Gasteiger partial charge in [0.2, 0.25) is 5.91 Å². The summed E-state index contributed by atoms with van der Waals surface area (Å²) in [6.07, 6.45) is 1.61. The first-order valence-corrected chi connectivity index (χ1v) is 15.1. The zero-order valence-electron chi connectivity index (χ0n) is 24.9. The molecular weight excluding hydrogens is 554 g/mol. The zero-order chi connectivity index (χ0) is 30.1. The summed E-state index contributed by atoms with van der Waals surface area (Å²) in [4.78, 5) is 19.7. The number of amides is 1. The summed E-state index contributed by atoms with van der Waals surface area (Å²) in [5.41, 5.74) is 1.51. The van der Waals surface area contributed by atoms with Gasteiger partial charge in [0.15, 0.2) is 5.13 Å². The number of hydrogen-bond acceptors (Lipinski definition) is 9. The second-order valence-electron chi connectivity index (χ2n) is 11.8. The van der Waals surface area contributed by atoms with Crippen LogP contribution < -0.4 is 24.8 Å². The largest absolute Gasteiger partial charge is 0.497 e. The number of ether oxygens (including phenoxy) is 3. The highest BCUT2D eigenvalue weighted by Gasteiger charge is 2.59. The van der Waals surface area contributed by atoms with Gasteiger partial charge in [-0.25, -0.2) is 4.98 Å². The fraction of sp³-hybridized carbons (Fsp3) is 0.500. The predicted molar refractivity (Wildman–Crippen MR) is 163 cm³/mol. The van der Waals surface area contributed by atoms with E-state index < -0.39 is 11.5 Å². The lowest BCUT2D eigenvalue weighted by Gasteiger charge is -2.58. The Balaban J connectivity index is 1.48. The van der Waals surface area contributed by atoms with Gasteiger partial charge in [0.25, 0.3) is 0 Å². The van der Waals surface area contributed by atoms with E-state index in [1.165, 1.54) is 0 Å². The van der Waals surface area contributed by atoms with Gasteiger partial charge < -0.3 is 35.1 Å². The molecule has 0 bridgehead atoms. The van der Waals surface area contributed by atoms with E-state index in [2.05, 4.69) is 17.6 Å². The van der Waals surface area contributed by atoms with Gasteiger partial charge in [0.1, 0.15) is 17.2 Å². The van der Waals surface area contributed by atoms with Crippen molar-refractivity contribution < 1.29 is 29.2 Å². The van der Waals surface area contributed by atoms with Crippen LogP contribution in [0, 0.1) is 16.7 Å². The topological polar surface area (TPSA) is 122 Å². The molecule has 0 aliphatic heterocycles. The lowest BCUT2D eigenvalue weighted by molar-refractivity contribution is -0.144. The minimum absolute atomic E-state index is 0.0297. The maximum absolute atomic E-state index is 13.5. The van der Waals surface area contributed by atoms with Gasteiger partial charge >= 0.3 is 0 Å². The minimum Gasteiger partial charge on any atom is -0.497 e. The molecule has 5 rings (SSSR count). The van der Waals surface area contributed by atoms with Gasteiger partial charge in [-0.2, -0.15) is 0 Å². The van der Waals surface area contributed by atoms with E-state index in [4.69, 9.17) is 19.2 Å². The summed E-state index contributed by atoms with van der Waals surface area (Å²) in [7, 11) is 4.86. The van der Waals surface area contributed by atoms with Gasteiger partial charge in [-0.1, -0.05) is 32.0 Å². The van der Waals surface area contributed by atoms with Crippen LogP contribution in [0.15, 0.2) is 42.5 Å². The first kappa shape index (κ1) is 30.1. The molecule has 0 radical (unpaired) electrons. The van der Waals surface area contributed by atoms with Crippen LogP contribution in [0.1, 0.15) is 55.2 Å². The van der Waals surface area contributed by atoms with Gasteiger partial charge in [-0.15, -0.1) is 11.3 Å². The number of benzene rings is 2. The molecule has 5 atom stereocenters. The van der Waals surface area contributed by atoms with E-state index in [1.54, 1.807) is 32.7 Å². The molecule has 226 valence electrons. The highest BCUT2D eigenvalue weighted by molar-refractivity contribution is 7.15. The maximum atomic E-state index is 13.5. The molecule has 2 aliphatic carbocycles. The van der Waals surface area contributed by atoms with Crippen LogP contribution in [0.3, 0.4) is 0 Å². The van der Waals surface area contributed by atoms with Gasteiger partial charge in [-0.05, 0) is 48.8 Å². The van der Waals surface area contributed by atoms with Crippen molar-refractivity contribution in [1.29, 1.82) is 0 Å². The van der Waals surface area contributed by atoms with Gasteiger partial charge in [-0.3, -0.25) is 4.79 Å². The maximum Gasteiger partial charge on any atom is 0.220 e. The average molecular weight is 596 g/mol. The van der Waals surface area contributed by atoms with Crippen molar-refractivity contribution >= 4 is 28.1 Å². The summed E-state index contributed by atoms with van der Waals surface area (Å²) in [6.45, 7) is 4.41. The Bertz CT molecular complexity index is 1430. The van der Waals surface area contributed by atoms with Crippen molar-refractivity contribution in [2.75, 3.05) is 33.3 Å². The number of rotatable bonds is 10. The van der Waals surface area contributed by atoms with Crippen LogP contribution in [0.2, 0.25) is 0 Å².